The number of amides is 2. The van der Waals surface area contributed by atoms with Gasteiger partial charge in [0.25, 0.3) is 11.8 Å². The van der Waals surface area contributed by atoms with Gasteiger partial charge in [0.1, 0.15) is 6.26 Å². The normalized spacial score (nSPS) is 11.8. The molecule has 1 N–H and O–H groups in total. The molecule has 0 aliphatic heterocycles. The van der Waals surface area contributed by atoms with Crippen LogP contribution in [0.3, 0.4) is 0 Å². The maximum atomic E-state index is 12.3. The molecule has 1 atom stereocenters. The van der Waals surface area contributed by atoms with Crippen LogP contribution in [0.5, 0.6) is 0 Å². The number of carbonyl (C=O) groups excluding carboxylic acids is 2. The molecule has 2 rings (SSSR count). The summed E-state index contributed by atoms with van der Waals surface area (Å²) in [5.74, 6) is -1.50. The lowest BCUT2D eigenvalue weighted by atomic mass is 10.4. The zero-order chi connectivity index (χ0) is 16.1. The Morgan fingerprint density at radius 1 is 1.23 bits per heavy atom. The highest BCUT2D eigenvalue weighted by Crippen LogP contribution is 2.09. The van der Waals surface area contributed by atoms with Gasteiger partial charge in [-0.25, -0.2) is 15.0 Å². The fourth-order valence-electron chi connectivity index (χ4n) is 1.74. The van der Waals surface area contributed by atoms with Gasteiger partial charge in [0, 0.05) is 26.0 Å². The number of oxazole rings is 1. The summed E-state index contributed by atoms with van der Waals surface area (Å²) in [4.78, 5) is 37.7. The summed E-state index contributed by atoms with van der Waals surface area (Å²) in [6.45, 7) is 1.81. The number of aliphatic hydroxyl groups is 1. The molecule has 0 bridgehead atoms. The van der Waals surface area contributed by atoms with E-state index in [1.807, 2.05) is 0 Å². The monoisotopic (exact) mass is 305 g/mol. The average Bonchev–Trinajstić information content (AvgIpc) is 3.09. The summed E-state index contributed by atoms with van der Waals surface area (Å²) in [5.41, 5.74) is 0. The Morgan fingerprint density at radius 3 is 2.45 bits per heavy atom. The molecule has 2 aromatic rings. The Kier molecular flexibility index (Phi) is 4.79. The van der Waals surface area contributed by atoms with Gasteiger partial charge in [0.2, 0.25) is 12.2 Å². The van der Waals surface area contributed by atoms with Gasteiger partial charge in [-0.05, 0) is 13.0 Å². The summed E-state index contributed by atoms with van der Waals surface area (Å²) < 4.78 is 4.88. The van der Waals surface area contributed by atoms with Gasteiger partial charge in [-0.2, -0.15) is 0 Å². The number of carbonyl (C=O) groups is 2. The first-order valence-electron chi connectivity index (χ1n) is 6.49. The van der Waals surface area contributed by atoms with Gasteiger partial charge >= 0.3 is 5.91 Å². The molecular formula is C13H15N5O4. The Labute approximate surface area is 126 Å². The summed E-state index contributed by atoms with van der Waals surface area (Å²) in [7, 11) is 1.33. The highest BCUT2D eigenvalue weighted by molar-refractivity contribution is 5.92. The zero-order valence-corrected chi connectivity index (χ0v) is 12.1. The van der Waals surface area contributed by atoms with E-state index in [2.05, 4.69) is 15.0 Å². The molecule has 2 heterocycles. The lowest BCUT2D eigenvalue weighted by Crippen LogP contribution is -2.51. The maximum absolute atomic E-state index is 12.3. The quantitative estimate of drug-likeness (QED) is 0.772. The molecule has 0 aromatic carbocycles. The van der Waals surface area contributed by atoms with Crippen LogP contribution in [0.4, 0.5) is 0 Å². The molecule has 0 saturated carbocycles. The van der Waals surface area contributed by atoms with E-state index in [0.29, 0.717) is 0 Å². The zero-order valence-electron chi connectivity index (χ0n) is 12.1. The minimum absolute atomic E-state index is 0.0691. The third-order valence-corrected chi connectivity index (χ3v) is 2.92. The van der Waals surface area contributed by atoms with E-state index in [4.69, 9.17) is 4.42 Å². The van der Waals surface area contributed by atoms with Crippen molar-refractivity contribution < 1.29 is 19.1 Å². The second-order valence-corrected chi connectivity index (χ2v) is 4.26. The molecule has 0 saturated heterocycles. The molecule has 0 aliphatic carbocycles. The van der Waals surface area contributed by atoms with Crippen LogP contribution in [-0.2, 0) is 0 Å². The summed E-state index contributed by atoms with van der Waals surface area (Å²) >= 11 is 0. The second kappa shape index (κ2) is 6.76. The van der Waals surface area contributed by atoms with Gasteiger partial charge < -0.3 is 9.52 Å². The highest BCUT2D eigenvalue weighted by Gasteiger charge is 2.30. The molecule has 0 spiro atoms. The summed E-state index contributed by atoms with van der Waals surface area (Å²) in [6.07, 6.45) is 3.90. The van der Waals surface area contributed by atoms with Crippen LogP contribution >= 0.6 is 0 Å². The van der Waals surface area contributed by atoms with Crippen LogP contribution in [0.2, 0.25) is 0 Å². The fraction of sp³-hybridized carbons (Fsp3) is 0.308. The molecule has 9 nitrogen and oxygen atoms in total. The molecule has 9 heteroatoms. The van der Waals surface area contributed by atoms with E-state index in [1.165, 1.54) is 31.9 Å². The molecule has 1 unspecified atom stereocenters. The molecule has 2 aromatic heterocycles. The van der Waals surface area contributed by atoms with Crippen molar-refractivity contribution in [3.8, 4) is 0 Å². The SMILES string of the molecule is CCN(C(=O)c1ncccn1)C(O)N(C)C(=O)c1ncco1. The van der Waals surface area contributed by atoms with E-state index in [0.717, 1.165) is 9.80 Å². The standard InChI is InChI=1S/C13H15N5O4/c1-3-18(11(19)9-14-5-4-6-15-9)13(21)17(2)12(20)10-16-7-8-22-10/h4-8,13,21H,3H2,1-2H3. The van der Waals surface area contributed by atoms with Crippen molar-refractivity contribution in [2.24, 2.45) is 0 Å². The third-order valence-electron chi connectivity index (χ3n) is 2.92. The third kappa shape index (κ3) is 3.09. The Bertz CT molecular complexity index is 631. The molecule has 2 amide bonds. The van der Waals surface area contributed by atoms with Crippen LogP contribution in [0.25, 0.3) is 0 Å². The van der Waals surface area contributed by atoms with Crippen LogP contribution in [-0.4, -0.2) is 61.6 Å². The van der Waals surface area contributed by atoms with Crippen molar-refractivity contribution in [2.45, 2.75) is 13.3 Å². The first kappa shape index (κ1) is 15.6. The second-order valence-electron chi connectivity index (χ2n) is 4.26. The number of nitrogens with zero attached hydrogens (tertiary/aromatic N) is 5. The molecule has 116 valence electrons. The lowest BCUT2D eigenvalue weighted by Gasteiger charge is -2.31. The van der Waals surface area contributed by atoms with Crippen LogP contribution in [0, 0.1) is 0 Å². The summed E-state index contributed by atoms with van der Waals surface area (Å²) in [5, 5.41) is 10.3. The van der Waals surface area contributed by atoms with E-state index in [9.17, 15) is 14.7 Å². The predicted octanol–water partition coefficient (Wildman–Crippen LogP) is -0.0252. The number of hydrogen-bond acceptors (Lipinski definition) is 7. The topological polar surface area (TPSA) is 113 Å². The van der Waals surface area contributed by atoms with Crippen LogP contribution in [0.1, 0.15) is 28.2 Å². The number of hydrogen-bond donors (Lipinski definition) is 1. The number of aliphatic hydroxyl groups excluding tert-OH is 1. The molecule has 22 heavy (non-hydrogen) atoms. The van der Waals surface area contributed by atoms with E-state index in [-0.39, 0.29) is 18.3 Å². The maximum Gasteiger partial charge on any atom is 0.312 e. The first-order valence-corrected chi connectivity index (χ1v) is 6.49. The fourth-order valence-corrected chi connectivity index (χ4v) is 1.74. The molecular weight excluding hydrogens is 290 g/mol. The Morgan fingerprint density at radius 2 is 1.91 bits per heavy atom. The van der Waals surface area contributed by atoms with Gasteiger partial charge in [0.05, 0.1) is 6.20 Å². The number of aromatic nitrogens is 3. The Balaban J connectivity index is 2.16. The highest BCUT2D eigenvalue weighted by atomic mass is 16.4. The number of rotatable bonds is 5. The molecule has 0 radical (unpaired) electrons. The van der Waals surface area contributed by atoms with E-state index < -0.39 is 18.2 Å². The lowest BCUT2D eigenvalue weighted by molar-refractivity contribution is -0.0674. The van der Waals surface area contributed by atoms with Crippen LogP contribution in [0.15, 0.2) is 35.3 Å². The first-order chi connectivity index (χ1) is 10.6. The predicted molar refractivity (Wildman–Crippen MR) is 73.3 cm³/mol. The van der Waals surface area contributed by atoms with Crippen molar-refractivity contribution in [3.05, 3.63) is 42.6 Å². The van der Waals surface area contributed by atoms with E-state index in [1.54, 1.807) is 13.0 Å². The van der Waals surface area contributed by atoms with E-state index >= 15 is 0 Å². The van der Waals surface area contributed by atoms with Crippen LogP contribution < -0.4 is 0 Å². The molecule has 0 fully saturated rings. The van der Waals surface area contributed by atoms with Crippen molar-refractivity contribution in [3.63, 3.8) is 0 Å². The van der Waals surface area contributed by atoms with Crippen molar-refractivity contribution >= 4 is 11.8 Å². The minimum atomic E-state index is -1.50. The van der Waals surface area contributed by atoms with Crippen molar-refractivity contribution in [1.29, 1.82) is 0 Å². The molecule has 0 aliphatic rings. The van der Waals surface area contributed by atoms with Crippen molar-refractivity contribution in [1.82, 2.24) is 24.8 Å². The average molecular weight is 305 g/mol. The Hall–Kier alpha value is -2.81. The smallest absolute Gasteiger partial charge is 0.312 e. The summed E-state index contributed by atoms with van der Waals surface area (Å²) in [6, 6.07) is 1.57. The van der Waals surface area contributed by atoms with Gasteiger partial charge in [0.15, 0.2) is 0 Å². The van der Waals surface area contributed by atoms with Gasteiger partial charge in [-0.3, -0.25) is 19.4 Å². The van der Waals surface area contributed by atoms with Gasteiger partial charge in [-0.15, -0.1) is 0 Å². The van der Waals surface area contributed by atoms with Gasteiger partial charge in [-0.1, -0.05) is 0 Å². The minimum Gasteiger partial charge on any atom is -0.441 e. The van der Waals surface area contributed by atoms with Crippen molar-refractivity contribution in [2.75, 3.05) is 13.6 Å². The largest absolute Gasteiger partial charge is 0.441 e.